The Morgan fingerprint density at radius 3 is 2.75 bits per heavy atom. The van der Waals surface area contributed by atoms with E-state index < -0.39 is 0 Å². The first-order chi connectivity index (χ1) is 9.08. The molecule has 20 heavy (non-hydrogen) atoms. The summed E-state index contributed by atoms with van der Waals surface area (Å²) in [6.07, 6.45) is 7.29. The highest BCUT2D eigenvalue weighted by atomic mass is 127. The van der Waals surface area contributed by atoms with Crippen LogP contribution in [0.3, 0.4) is 0 Å². The number of rotatable bonds is 5. The molecule has 1 heterocycles. The molecule has 0 saturated heterocycles. The van der Waals surface area contributed by atoms with Crippen LogP contribution < -0.4 is 5.32 Å². The van der Waals surface area contributed by atoms with Crippen LogP contribution in [0.1, 0.15) is 19.0 Å². The van der Waals surface area contributed by atoms with Gasteiger partial charge in [-0.2, -0.15) is 0 Å². The molecule has 0 aliphatic rings. The van der Waals surface area contributed by atoms with E-state index in [4.69, 9.17) is 0 Å². The normalized spacial score (nSPS) is 11.6. The second-order valence-corrected chi connectivity index (χ2v) is 5.36. The van der Waals surface area contributed by atoms with Gasteiger partial charge in [0, 0.05) is 44.1 Å². The number of aliphatic imine (C=N–C) groups is 1. The summed E-state index contributed by atoms with van der Waals surface area (Å²) in [6, 6.07) is 2.13. The van der Waals surface area contributed by atoms with Crippen molar-refractivity contribution < 1.29 is 0 Å². The summed E-state index contributed by atoms with van der Waals surface area (Å²) in [4.78, 5) is 6.43. The first-order valence-electron chi connectivity index (χ1n) is 6.42. The average Bonchev–Trinajstić information content (AvgIpc) is 2.68. The Labute approximate surface area is 147 Å². The molecule has 6 heteroatoms. The third kappa shape index (κ3) is 6.30. The number of aryl methyl sites for hydroxylation is 1. The van der Waals surface area contributed by atoms with Gasteiger partial charge in [-0.3, -0.25) is 4.99 Å². The molecule has 0 radical (unpaired) electrons. The van der Waals surface area contributed by atoms with Gasteiger partial charge in [0.15, 0.2) is 5.96 Å². The van der Waals surface area contributed by atoms with E-state index in [0.29, 0.717) is 0 Å². The molecule has 0 aromatic carbocycles. The highest BCUT2D eigenvalue weighted by Gasteiger charge is 2.08. The molecule has 0 unspecified atom stereocenters. The van der Waals surface area contributed by atoms with Gasteiger partial charge in [-0.1, -0.05) is 12.2 Å². The summed E-state index contributed by atoms with van der Waals surface area (Å²) in [5, 5.41) is 3.35. The Morgan fingerprint density at radius 2 is 2.25 bits per heavy atom. The fourth-order valence-electron chi connectivity index (χ4n) is 1.86. The lowest BCUT2D eigenvalue weighted by molar-refractivity contribution is 0.462. The molecule has 1 aromatic rings. The molecular formula is C14H24BrIN4. The highest BCUT2D eigenvalue weighted by molar-refractivity contribution is 14.0. The minimum absolute atomic E-state index is 0. The maximum atomic E-state index is 4.30. The van der Waals surface area contributed by atoms with Gasteiger partial charge < -0.3 is 14.8 Å². The third-order valence-electron chi connectivity index (χ3n) is 2.88. The van der Waals surface area contributed by atoms with E-state index in [2.05, 4.69) is 67.2 Å². The Hall–Kier alpha value is -0.500. The molecular weight excluding hydrogens is 431 g/mol. The summed E-state index contributed by atoms with van der Waals surface area (Å²) in [7, 11) is 5.91. The molecule has 0 spiro atoms. The van der Waals surface area contributed by atoms with Crippen molar-refractivity contribution in [2.45, 2.75) is 19.9 Å². The Morgan fingerprint density at radius 1 is 1.55 bits per heavy atom. The second kappa shape index (κ2) is 10.3. The van der Waals surface area contributed by atoms with Gasteiger partial charge in [0.05, 0.1) is 6.54 Å². The van der Waals surface area contributed by atoms with Crippen molar-refractivity contribution in [3.05, 3.63) is 34.6 Å². The maximum Gasteiger partial charge on any atom is 0.193 e. The lowest BCUT2D eigenvalue weighted by atomic mass is 10.4. The van der Waals surface area contributed by atoms with Crippen LogP contribution in [0.25, 0.3) is 0 Å². The molecule has 1 rings (SSSR count). The topological polar surface area (TPSA) is 32.6 Å². The highest BCUT2D eigenvalue weighted by Crippen LogP contribution is 2.14. The molecule has 0 amide bonds. The quantitative estimate of drug-likeness (QED) is 0.243. The molecule has 1 N–H and O–H groups in total. The van der Waals surface area contributed by atoms with Crippen molar-refractivity contribution in [2.75, 3.05) is 20.6 Å². The van der Waals surface area contributed by atoms with Gasteiger partial charge >= 0.3 is 0 Å². The standard InChI is InChI=1S/C14H23BrN4.HI/c1-5-6-7-8-17-14(16-2)19(4)11-13-9-12(15)10-18(13)3;/h5-6,9-10H,7-8,11H2,1-4H3,(H,16,17);1H/b6-5+;. The molecule has 114 valence electrons. The van der Waals surface area contributed by atoms with Crippen molar-refractivity contribution in [1.29, 1.82) is 0 Å². The SMILES string of the molecule is C/C=C/CCNC(=NC)N(C)Cc1cc(Br)cn1C.I. The van der Waals surface area contributed by atoms with Crippen molar-refractivity contribution in [2.24, 2.45) is 12.0 Å². The molecule has 1 aromatic heterocycles. The van der Waals surface area contributed by atoms with E-state index in [9.17, 15) is 0 Å². The lowest BCUT2D eigenvalue weighted by Crippen LogP contribution is -2.39. The van der Waals surface area contributed by atoms with Crippen LogP contribution >= 0.6 is 39.9 Å². The van der Waals surface area contributed by atoms with Gasteiger partial charge in [-0.25, -0.2) is 0 Å². The molecule has 0 aliphatic heterocycles. The Kier molecular flexibility index (Phi) is 10.0. The van der Waals surface area contributed by atoms with Crippen LogP contribution in [0.4, 0.5) is 0 Å². The predicted molar refractivity (Wildman–Crippen MR) is 101 cm³/mol. The smallest absolute Gasteiger partial charge is 0.193 e. The van der Waals surface area contributed by atoms with E-state index in [0.717, 1.165) is 29.9 Å². The molecule has 4 nitrogen and oxygen atoms in total. The van der Waals surface area contributed by atoms with E-state index >= 15 is 0 Å². The van der Waals surface area contributed by atoms with E-state index in [1.54, 1.807) is 0 Å². The number of allylic oxidation sites excluding steroid dienone is 1. The maximum absolute atomic E-state index is 4.30. The van der Waals surface area contributed by atoms with Gasteiger partial charge in [0.2, 0.25) is 0 Å². The van der Waals surface area contributed by atoms with Crippen LogP contribution in [-0.2, 0) is 13.6 Å². The molecule has 0 bridgehead atoms. The van der Waals surface area contributed by atoms with Crippen LogP contribution in [-0.4, -0.2) is 36.1 Å². The van der Waals surface area contributed by atoms with Crippen LogP contribution in [0, 0.1) is 0 Å². The van der Waals surface area contributed by atoms with Gasteiger partial charge in [-0.15, -0.1) is 24.0 Å². The van der Waals surface area contributed by atoms with E-state index in [1.165, 1.54) is 5.69 Å². The first kappa shape index (κ1) is 19.5. The second-order valence-electron chi connectivity index (χ2n) is 4.45. The van der Waals surface area contributed by atoms with Crippen LogP contribution in [0.2, 0.25) is 0 Å². The van der Waals surface area contributed by atoms with Gasteiger partial charge in [0.1, 0.15) is 0 Å². The largest absolute Gasteiger partial charge is 0.356 e. The fourth-order valence-corrected chi connectivity index (χ4v) is 2.43. The lowest BCUT2D eigenvalue weighted by Gasteiger charge is -2.22. The summed E-state index contributed by atoms with van der Waals surface area (Å²) in [6.45, 7) is 3.76. The van der Waals surface area contributed by atoms with Crippen LogP contribution in [0.5, 0.6) is 0 Å². The van der Waals surface area contributed by atoms with Gasteiger partial charge in [-0.05, 0) is 35.3 Å². The number of halogens is 2. The number of aromatic nitrogens is 1. The third-order valence-corrected chi connectivity index (χ3v) is 3.31. The zero-order valence-corrected chi connectivity index (χ0v) is 16.5. The predicted octanol–water partition coefficient (Wildman–Crippen LogP) is 3.38. The summed E-state index contributed by atoms with van der Waals surface area (Å²) in [5.41, 5.74) is 1.24. The van der Waals surface area contributed by atoms with Gasteiger partial charge in [0.25, 0.3) is 0 Å². The number of guanidine groups is 1. The molecule has 0 aliphatic carbocycles. The van der Waals surface area contributed by atoms with Crippen molar-refractivity contribution in [3.8, 4) is 0 Å². The summed E-state index contributed by atoms with van der Waals surface area (Å²) >= 11 is 3.49. The monoisotopic (exact) mass is 454 g/mol. The van der Waals surface area contributed by atoms with Crippen LogP contribution in [0.15, 0.2) is 33.9 Å². The van der Waals surface area contributed by atoms with Crippen molar-refractivity contribution in [1.82, 2.24) is 14.8 Å². The number of nitrogens with zero attached hydrogens (tertiary/aromatic N) is 3. The first-order valence-corrected chi connectivity index (χ1v) is 7.21. The van der Waals surface area contributed by atoms with Crippen molar-refractivity contribution in [3.63, 3.8) is 0 Å². The number of hydrogen-bond acceptors (Lipinski definition) is 1. The Balaban J connectivity index is 0.00000361. The van der Waals surface area contributed by atoms with E-state index in [1.807, 2.05) is 21.0 Å². The summed E-state index contributed by atoms with van der Waals surface area (Å²) < 4.78 is 3.22. The Bertz CT molecular complexity index is 454. The minimum Gasteiger partial charge on any atom is -0.356 e. The molecule has 0 atom stereocenters. The fraction of sp³-hybridized carbons (Fsp3) is 0.500. The molecule has 0 fully saturated rings. The number of nitrogens with one attached hydrogen (secondary N) is 1. The number of hydrogen-bond donors (Lipinski definition) is 1. The average molecular weight is 455 g/mol. The van der Waals surface area contributed by atoms with Crippen molar-refractivity contribution >= 4 is 45.9 Å². The zero-order valence-electron chi connectivity index (χ0n) is 12.6. The van der Waals surface area contributed by atoms with E-state index in [-0.39, 0.29) is 24.0 Å². The zero-order chi connectivity index (χ0) is 14.3. The minimum atomic E-state index is 0. The summed E-state index contributed by atoms with van der Waals surface area (Å²) in [5.74, 6) is 0.918. The molecule has 0 saturated carbocycles.